The quantitative estimate of drug-likeness (QED) is 0.442. The molecule has 0 heterocycles. The molecule has 0 radical (unpaired) electrons. The first-order valence-corrected chi connectivity index (χ1v) is 3.09. The van der Waals surface area contributed by atoms with E-state index in [4.69, 9.17) is 14.9 Å². The predicted octanol–water partition coefficient (Wildman–Crippen LogP) is 0.280. The minimum atomic E-state index is -1.43. The van der Waals surface area contributed by atoms with Crippen molar-refractivity contribution in [2.75, 3.05) is 13.2 Å². The molecule has 0 saturated carbocycles. The van der Waals surface area contributed by atoms with Gasteiger partial charge in [0.15, 0.2) is 5.79 Å². The fourth-order valence-corrected chi connectivity index (χ4v) is 0.324. The molecule has 3 heteroatoms. The van der Waals surface area contributed by atoms with Crippen molar-refractivity contribution in [3.05, 3.63) is 12.2 Å². The summed E-state index contributed by atoms with van der Waals surface area (Å²) in [5.41, 5.74) is 0.814. The Kier molecular flexibility index (Phi) is 3.57. The molecule has 0 bridgehead atoms. The Bertz CT molecular complexity index is 118. The standard InChI is InChI=1S/C7H14O3/c1-6(2)4-10-7(3,9)5-8/h8-9H,1,4-5H2,2-3H3. The van der Waals surface area contributed by atoms with Gasteiger partial charge < -0.3 is 14.9 Å². The number of ether oxygens (including phenoxy) is 1. The van der Waals surface area contributed by atoms with E-state index in [2.05, 4.69) is 6.58 Å². The van der Waals surface area contributed by atoms with Gasteiger partial charge in [0.2, 0.25) is 0 Å². The molecule has 0 fully saturated rings. The fraction of sp³-hybridized carbons (Fsp3) is 0.714. The van der Waals surface area contributed by atoms with Crippen LogP contribution in [-0.4, -0.2) is 29.2 Å². The van der Waals surface area contributed by atoms with Crippen LogP contribution in [0.25, 0.3) is 0 Å². The summed E-state index contributed by atoms with van der Waals surface area (Å²) >= 11 is 0. The fourth-order valence-electron chi connectivity index (χ4n) is 0.324. The Morgan fingerprint density at radius 2 is 2.20 bits per heavy atom. The lowest BCUT2D eigenvalue weighted by Crippen LogP contribution is -2.33. The van der Waals surface area contributed by atoms with E-state index in [0.29, 0.717) is 0 Å². The lowest BCUT2D eigenvalue weighted by atomic mass is 10.3. The van der Waals surface area contributed by atoms with Crippen molar-refractivity contribution in [3.8, 4) is 0 Å². The van der Waals surface area contributed by atoms with Crippen molar-refractivity contribution in [3.63, 3.8) is 0 Å². The van der Waals surface area contributed by atoms with Crippen LogP contribution >= 0.6 is 0 Å². The van der Waals surface area contributed by atoms with Gasteiger partial charge in [0, 0.05) is 0 Å². The lowest BCUT2D eigenvalue weighted by molar-refractivity contribution is -0.205. The smallest absolute Gasteiger partial charge is 0.186 e. The molecule has 0 aliphatic carbocycles. The molecular weight excluding hydrogens is 132 g/mol. The topological polar surface area (TPSA) is 49.7 Å². The van der Waals surface area contributed by atoms with E-state index in [1.54, 1.807) is 6.92 Å². The molecule has 1 atom stereocenters. The van der Waals surface area contributed by atoms with Gasteiger partial charge in [-0.2, -0.15) is 0 Å². The predicted molar refractivity (Wildman–Crippen MR) is 38.5 cm³/mol. The molecule has 0 aromatic carbocycles. The van der Waals surface area contributed by atoms with Crippen molar-refractivity contribution < 1.29 is 14.9 Å². The van der Waals surface area contributed by atoms with Crippen LogP contribution in [0.4, 0.5) is 0 Å². The van der Waals surface area contributed by atoms with Gasteiger partial charge in [0.05, 0.1) is 13.2 Å². The van der Waals surface area contributed by atoms with E-state index in [-0.39, 0.29) is 6.61 Å². The number of aliphatic hydroxyl groups is 2. The number of rotatable bonds is 4. The Balaban J connectivity index is 3.56. The second-order valence-corrected chi connectivity index (χ2v) is 2.58. The first-order chi connectivity index (χ1) is 4.48. The SMILES string of the molecule is C=C(C)COC(C)(O)CO. The largest absolute Gasteiger partial charge is 0.391 e. The van der Waals surface area contributed by atoms with E-state index in [1.165, 1.54) is 6.92 Å². The van der Waals surface area contributed by atoms with Crippen molar-refractivity contribution in [1.82, 2.24) is 0 Å². The average molecular weight is 146 g/mol. The molecule has 0 aromatic heterocycles. The summed E-state index contributed by atoms with van der Waals surface area (Å²) in [5.74, 6) is -1.43. The zero-order chi connectivity index (χ0) is 8.20. The van der Waals surface area contributed by atoms with Crippen LogP contribution in [0, 0.1) is 0 Å². The third-order valence-electron chi connectivity index (χ3n) is 0.923. The molecule has 3 nitrogen and oxygen atoms in total. The first kappa shape index (κ1) is 9.62. The molecule has 1 unspecified atom stereocenters. The maximum Gasteiger partial charge on any atom is 0.186 e. The third kappa shape index (κ3) is 4.49. The Labute approximate surface area is 60.9 Å². The van der Waals surface area contributed by atoms with Gasteiger partial charge in [-0.25, -0.2) is 0 Å². The van der Waals surface area contributed by atoms with Crippen LogP contribution in [0.3, 0.4) is 0 Å². The van der Waals surface area contributed by atoms with Crippen LogP contribution < -0.4 is 0 Å². The van der Waals surface area contributed by atoms with E-state index >= 15 is 0 Å². The molecule has 0 spiro atoms. The second-order valence-electron chi connectivity index (χ2n) is 2.58. The third-order valence-corrected chi connectivity index (χ3v) is 0.923. The minimum absolute atomic E-state index is 0.271. The van der Waals surface area contributed by atoms with E-state index < -0.39 is 12.4 Å². The summed E-state index contributed by atoms with van der Waals surface area (Å²) in [6.45, 7) is 6.63. The first-order valence-electron chi connectivity index (χ1n) is 3.09. The van der Waals surface area contributed by atoms with E-state index in [0.717, 1.165) is 5.57 Å². The summed E-state index contributed by atoms with van der Waals surface area (Å²) in [7, 11) is 0. The molecule has 2 N–H and O–H groups in total. The molecule has 0 saturated heterocycles. The van der Waals surface area contributed by atoms with Gasteiger partial charge in [-0.05, 0) is 13.8 Å². The number of hydrogen-bond acceptors (Lipinski definition) is 3. The van der Waals surface area contributed by atoms with Gasteiger partial charge >= 0.3 is 0 Å². The Morgan fingerprint density at radius 3 is 2.50 bits per heavy atom. The zero-order valence-corrected chi connectivity index (χ0v) is 6.42. The van der Waals surface area contributed by atoms with Crippen molar-refractivity contribution in [2.45, 2.75) is 19.6 Å². The van der Waals surface area contributed by atoms with Gasteiger partial charge in [-0.3, -0.25) is 0 Å². The maximum atomic E-state index is 9.06. The molecule has 0 amide bonds. The van der Waals surface area contributed by atoms with Gasteiger partial charge in [0.1, 0.15) is 0 Å². The van der Waals surface area contributed by atoms with Crippen molar-refractivity contribution in [1.29, 1.82) is 0 Å². The molecule has 0 aliphatic rings. The highest BCUT2D eigenvalue weighted by Gasteiger charge is 2.18. The van der Waals surface area contributed by atoms with Crippen molar-refractivity contribution in [2.24, 2.45) is 0 Å². The lowest BCUT2D eigenvalue weighted by Gasteiger charge is -2.20. The summed E-state index contributed by atoms with van der Waals surface area (Å²) < 4.78 is 4.85. The normalized spacial score (nSPS) is 16.4. The van der Waals surface area contributed by atoms with E-state index in [9.17, 15) is 0 Å². The van der Waals surface area contributed by atoms with Gasteiger partial charge in [0.25, 0.3) is 0 Å². The second kappa shape index (κ2) is 3.71. The highest BCUT2D eigenvalue weighted by Crippen LogP contribution is 2.05. The average Bonchev–Trinajstić information content (AvgIpc) is 1.85. The van der Waals surface area contributed by atoms with Crippen LogP contribution in [-0.2, 0) is 4.74 Å². The molecule has 0 aromatic rings. The number of aliphatic hydroxyl groups excluding tert-OH is 1. The number of hydrogen-bond donors (Lipinski definition) is 2. The minimum Gasteiger partial charge on any atom is -0.391 e. The molecular formula is C7H14O3. The van der Waals surface area contributed by atoms with Crippen LogP contribution in [0.1, 0.15) is 13.8 Å². The molecule has 0 rings (SSSR count). The highest BCUT2D eigenvalue weighted by atomic mass is 16.6. The summed E-state index contributed by atoms with van der Waals surface area (Å²) in [6, 6.07) is 0. The van der Waals surface area contributed by atoms with Crippen LogP contribution in [0.2, 0.25) is 0 Å². The van der Waals surface area contributed by atoms with Crippen molar-refractivity contribution >= 4 is 0 Å². The van der Waals surface area contributed by atoms with E-state index in [1.807, 2.05) is 0 Å². The van der Waals surface area contributed by atoms with Crippen LogP contribution in [0.5, 0.6) is 0 Å². The van der Waals surface area contributed by atoms with Crippen LogP contribution in [0.15, 0.2) is 12.2 Å². The maximum absolute atomic E-state index is 9.06. The Hall–Kier alpha value is -0.380. The Morgan fingerprint density at radius 1 is 1.70 bits per heavy atom. The molecule has 0 aliphatic heterocycles. The highest BCUT2D eigenvalue weighted by molar-refractivity contribution is 4.88. The monoisotopic (exact) mass is 146 g/mol. The summed E-state index contributed by atoms with van der Waals surface area (Å²) in [5, 5.41) is 17.6. The summed E-state index contributed by atoms with van der Waals surface area (Å²) in [4.78, 5) is 0. The molecule has 10 heavy (non-hydrogen) atoms. The zero-order valence-electron chi connectivity index (χ0n) is 6.42. The van der Waals surface area contributed by atoms with Gasteiger partial charge in [-0.1, -0.05) is 12.2 Å². The van der Waals surface area contributed by atoms with Gasteiger partial charge in [-0.15, -0.1) is 0 Å². The summed E-state index contributed by atoms with van der Waals surface area (Å²) in [6.07, 6.45) is 0. The molecule has 60 valence electrons.